The van der Waals surface area contributed by atoms with Crippen LogP contribution >= 0.6 is 0 Å². The van der Waals surface area contributed by atoms with Gasteiger partial charge in [-0.2, -0.15) is 9.49 Å². The van der Waals surface area contributed by atoms with Gasteiger partial charge in [-0.05, 0) is 31.4 Å². The van der Waals surface area contributed by atoms with Crippen molar-refractivity contribution in [2.24, 2.45) is 0 Å². The molecule has 2 aromatic heterocycles. The Balaban J connectivity index is 2.12. The van der Waals surface area contributed by atoms with Crippen molar-refractivity contribution < 1.29 is 19.0 Å². The molecule has 0 spiro atoms. The van der Waals surface area contributed by atoms with Gasteiger partial charge in [-0.1, -0.05) is 6.92 Å². The van der Waals surface area contributed by atoms with Gasteiger partial charge in [0.2, 0.25) is 5.95 Å². The summed E-state index contributed by atoms with van der Waals surface area (Å²) in [7, 11) is 0. The summed E-state index contributed by atoms with van der Waals surface area (Å²) in [6.45, 7) is 3.06. The fourth-order valence-electron chi connectivity index (χ4n) is 2.84. The highest BCUT2D eigenvalue weighted by Crippen LogP contribution is 2.31. The number of carbonyl (C=O) groups is 1. The minimum atomic E-state index is -1.13. The van der Waals surface area contributed by atoms with Gasteiger partial charge in [0.15, 0.2) is 0 Å². The summed E-state index contributed by atoms with van der Waals surface area (Å²) in [6.07, 6.45) is 3.33. The van der Waals surface area contributed by atoms with Gasteiger partial charge in [0, 0.05) is 18.9 Å². The van der Waals surface area contributed by atoms with Crippen LogP contribution in [0.4, 0.5) is 4.39 Å². The van der Waals surface area contributed by atoms with Gasteiger partial charge < -0.3 is 9.84 Å². The first-order valence-electron chi connectivity index (χ1n) is 7.66. The fraction of sp³-hybridized carbons (Fsp3) is 0.438. The first kappa shape index (κ1) is 15.6. The molecule has 23 heavy (non-hydrogen) atoms. The van der Waals surface area contributed by atoms with Crippen molar-refractivity contribution in [3.63, 3.8) is 0 Å². The SMILES string of the molecule is CCc1ccc(-c2c(C(=O)O)cnn2C2CCOCC2)c(F)n1. The summed E-state index contributed by atoms with van der Waals surface area (Å²) in [5.41, 5.74) is 1.06. The van der Waals surface area contributed by atoms with Crippen LogP contribution in [0.2, 0.25) is 0 Å². The molecule has 7 heteroatoms. The Morgan fingerprint density at radius 3 is 2.78 bits per heavy atom. The largest absolute Gasteiger partial charge is 0.478 e. The quantitative estimate of drug-likeness (QED) is 0.877. The smallest absolute Gasteiger partial charge is 0.339 e. The molecule has 0 atom stereocenters. The molecule has 1 aliphatic heterocycles. The van der Waals surface area contributed by atoms with E-state index in [4.69, 9.17) is 4.74 Å². The van der Waals surface area contributed by atoms with Crippen LogP contribution in [0.1, 0.15) is 41.9 Å². The van der Waals surface area contributed by atoms with Crippen LogP contribution in [0.25, 0.3) is 11.3 Å². The van der Waals surface area contributed by atoms with Gasteiger partial charge >= 0.3 is 5.97 Å². The molecule has 6 nitrogen and oxygen atoms in total. The van der Waals surface area contributed by atoms with E-state index in [1.54, 1.807) is 16.8 Å². The van der Waals surface area contributed by atoms with Crippen LogP contribution in [-0.2, 0) is 11.2 Å². The molecule has 1 fully saturated rings. The summed E-state index contributed by atoms with van der Waals surface area (Å²) < 4.78 is 21.4. The van der Waals surface area contributed by atoms with Gasteiger partial charge in [-0.25, -0.2) is 9.78 Å². The van der Waals surface area contributed by atoms with Gasteiger partial charge in [0.05, 0.1) is 23.5 Å². The van der Waals surface area contributed by atoms with E-state index in [0.717, 1.165) is 12.8 Å². The molecule has 122 valence electrons. The van der Waals surface area contributed by atoms with E-state index in [-0.39, 0.29) is 22.9 Å². The lowest BCUT2D eigenvalue weighted by Gasteiger charge is -2.24. The summed E-state index contributed by atoms with van der Waals surface area (Å²) in [5, 5.41) is 13.6. The zero-order valence-electron chi connectivity index (χ0n) is 12.8. The van der Waals surface area contributed by atoms with Crippen LogP contribution in [0, 0.1) is 5.95 Å². The van der Waals surface area contributed by atoms with Gasteiger partial charge in [0.1, 0.15) is 5.56 Å². The number of aryl methyl sites for hydroxylation is 1. The lowest BCUT2D eigenvalue weighted by Crippen LogP contribution is -2.21. The Morgan fingerprint density at radius 2 is 2.17 bits per heavy atom. The molecule has 0 aliphatic carbocycles. The van der Waals surface area contributed by atoms with Crippen molar-refractivity contribution in [3.05, 3.63) is 35.5 Å². The maximum atomic E-state index is 14.4. The number of halogens is 1. The number of hydrogen-bond acceptors (Lipinski definition) is 4. The van der Waals surface area contributed by atoms with E-state index in [9.17, 15) is 14.3 Å². The van der Waals surface area contributed by atoms with Crippen LogP contribution in [0.3, 0.4) is 0 Å². The summed E-state index contributed by atoms with van der Waals surface area (Å²) >= 11 is 0. The molecule has 1 aliphatic rings. The van der Waals surface area contributed by atoms with E-state index in [1.165, 1.54) is 6.20 Å². The second kappa shape index (κ2) is 6.45. The van der Waals surface area contributed by atoms with Crippen molar-refractivity contribution in [1.29, 1.82) is 0 Å². The highest BCUT2D eigenvalue weighted by molar-refractivity contribution is 5.94. The molecular weight excluding hydrogens is 301 g/mol. The number of aromatic carboxylic acids is 1. The van der Waals surface area contributed by atoms with Crippen molar-refractivity contribution in [3.8, 4) is 11.3 Å². The molecule has 0 radical (unpaired) electrons. The predicted octanol–water partition coefficient (Wildman–Crippen LogP) is 2.70. The molecule has 3 heterocycles. The number of rotatable bonds is 4. The van der Waals surface area contributed by atoms with Crippen molar-refractivity contribution in [1.82, 2.24) is 14.8 Å². The van der Waals surface area contributed by atoms with E-state index >= 15 is 0 Å². The lowest BCUT2D eigenvalue weighted by molar-refractivity contribution is 0.0665. The molecule has 2 aromatic rings. The molecule has 1 N–H and O–H groups in total. The standard InChI is InChI=1S/C16H18FN3O3/c1-2-10-3-4-12(15(17)19-10)14-13(16(21)22)9-18-20(14)11-5-7-23-8-6-11/h3-4,9,11H,2,5-8H2,1H3,(H,21,22). The highest BCUT2D eigenvalue weighted by atomic mass is 19.1. The minimum Gasteiger partial charge on any atom is -0.478 e. The first-order chi connectivity index (χ1) is 11.1. The van der Waals surface area contributed by atoms with E-state index < -0.39 is 11.9 Å². The Kier molecular flexibility index (Phi) is 4.38. The van der Waals surface area contributed by atoms with Crippen LogP contribution in [-0.4, -0.2) is 39.1 Å². The molecule has 0 bridgehead atoms. The molecule has 3 rings (SSSR count). The average Bonchev–Trinajstić information content (AvgIpc) is 3.00. The summed E-state index contributed by atoms with van der Waals surface area (Å²) in [5.74, 6) is -1.79. The van der Waals surface area contributed by atoms with Gasteiger partial charge in [0.25, 0.3) is 0 Å². The van der Waals surface area contributed by atoms with Crippen LogP contribution in [0.5, 0.6) is 0 Å². The average molecular weight is 319 g/mol. The number of nitrogens with zero attached hydrogens (tertiary/aromatic N) is 3. The predicted molar refractivity (Wildman–Crippen MR) is 80.8 cm³/mol. The number of carboxylic acids is 1. The van der Waals surface area contributed by atoms with Crippen LogP contribution < -0.4 is 0 Å². The molecule has 0 unspecified atom stereocenters. The number of pyridine rings is 1. The summed E-state index contributed by atoms with van der Waals surface area (Å²) in [4.78, 5) is 15.4. The van der Waals surface area contributed by atoms with E-state index in [0.29, 0.717) is 25.3 Å². The van der Waals surface area contributed by atoms with Gasteiger partial charge in [-0.3, -0.25) is 4.68 Å². The topological polar surface area (TPSA) is 77.2 Å². The van der Waals surface area contributed by atoms with Crippen molar-refractivity contribution >= 4 is 5.97 Å². The number of carboxylic acid groups (broad SMARTS) is 1. The highest BCUT2D eigenvalue weighted by Gasteiger charge is 2.26. The maximum Gasteiger partial charge on any atom is 0.339 e. The first-order valence-corrected chi connectivity index (χ1v) is 7.66. The van der Waals surface area contributed by atoms with Crippen molar-refractivity contribution in [2.45, 2.75) is 32.2 Å². The fourth-order valence-corrected chi connectivity index (χ4v) is 2.84. The number of ether oxygens (including phenoxy) is 1. The third-order valence-electron chi connectivity index (χ3n) is 4.09. The number of aromatic nitrogens is 3. The Labute approximate surface area is 132 Å². The molecule has 0 amide bonds. The Morgan fingerprint density at radius 1 is 1.43 bits per heavy atom. The maximum absolute atomic E-state index is 14.4. The van der Waals surface area contributed by atoms with Crippen LogP contribution in [0.15, 0.2) is 18.3 Å². The Hall–Kier alpha value is -2.28. The zero-order chi connectivity index (χ0) is 16.4. The van der Waals surface area contributed by atoms with E-state index in [2.05, 4.69) is 10.1 Å². The molecule has 1 saturated heterocycles. The lowest BCUT2D eigenvalue weighted by atomic mass is 10.1. The summed E-state index contributed by atoms with van der Waals surface area (Å²) in [6, 6.07) is 3.29. The second-order valence-corrected chi connectivity index (χ2v) is 5.49. The molecular formula is C16H18FN3O3. The third kappa shape index (κ3) is 2.96. The number of hydrogen-bond donors (Lipinski definition) is 1. The molecule has 0 aromatic carbocycles. The second-order valence-electron chi connectivity index (χ2n) is 5.49. The third-order valence-corrected chi connectivity index (χ3v) is 4.09. The van der Waals surface area contributed by atoms with Crippen molar-refractivity contribution in [2.75, 3.05) is 13.2 Å². The normalized spacial score (nSPS) is 15.7. The van der Waals surface area contributed by atoms with E-state index in [1.807, 2.05) is 6.92 Å². The monoisotopic (exact) mass is 319 g/mol. The molecule has 0 saturated carbocycles. The zero-order valence-corrected chi connectivity index (χ0v) is 12.8. The Bertz CT molecular complexity index is 723. The van der Waals surface area contributed by atoms with Gasteiger partial charge in [-0.15, -0.1) is 0 Å². The minimum absolute atomic E-state index is 0.00268.